The molecule has 0 spiro atoms. The number of rotatable bonds is 4. The highest BCUT2D eigenvalue weighted by molar-refractivity contribution is 9.10. The van der Waals surface area contributed by atoms with E-state index >= 15 is 0 Å². The first-order chi connectivity index (χ1) is 9.88. The molecular weight excluding hydrogens is 328 g/mol. The normalized spacial score (nSPS) is 22.9. The molecule has 1 aliphatic heterocycles. The van der Waals surface area contributed by atoms with E-state index in [1.807, 2.05) is 12.1 Å². The molecule has 0 radical (unpaired) electrons. The van der Waals surface area contributed by atoms with Crippen LogP contribution in [-0.2, 0) is 10.2 Å². The zero-order chi connectivity index (χ0) is 15.5. The van der Waals surface area contributed by atoms with E-state index in [2.05, 4.69) is 59.5 Å². The van der Waals surface area contributed by atoms with Crippen molar-refractivity contribution in [3.05, 3.63) is 34.3 Å². The second-order valence-electron chi connectivity index (χ2n) is 6.69. The van der Waals surface area contributed by atoms with Gasteiger partial charge in [0.2, 0.25) is 5.91 Å². The number of amides is 1. The zero-order valence-electron chi connectivity index (χ0n) is 13.1. The van der Waals surface area contributed by atoms with E-state index in [-0.39, 0.29) is 17.2 Å². The molecule has 0 unspecified atom stereocenters. The molecule has 0 aliphatic carbocycles. The van der Waals surface area contributed by atoms with Crippen LogP contribution in [-0.4, -0.2) is 25.0 Å². The van der Waals surface area contributed by atoms with Crippen LogP contribution in [0.3, 0.4) is 0 Å². The quantitative estimate of drug-likeness (QED) is 0.873. The van der Waals surface area contributed by atoms with Crippen LogP contribution in [0, 0.1) is 5.92 Å². The average Bonchev–Trinajstić information content (AvgIpc) is 2.45. The van der Waals surface area contributed by atoms with Crippen LogP contribution in [0.1, 0.15) is 39.2 Å². The number of hydrogen-bond acceptors (Lipinski definition) is 2. The first-order valence-corrected chi connectivity index (χ1v) is 8.45. The number of carbonyl (C=O) groups excluding carboxylic acids is 1. The fourth-order valence-corrected chi connectivity index (χ4v) is 3.23. The largest absolute Gasteiger partial charge is 0.355 e. The Morgan fingerprint density at radius 3 is 2.90 bits per heavy atom. The van der Waals surface area contributed by atoms with Crippen LogP contribution in [0.2, 0.25) is 0 Å². The van der Waals surface area contributed by atoms with Crippen molar-refractivity contribution in [2.75, 3.05) is 13.1 Å². The van der Waals surface area contributed by atoms with E-state index in [4.69, 9.17) is 0 Å². The fraction of sp³-hybridized carbons (Fsp3) is 0.588. The van der Waals surface area contributed by atoms with Crippen LogP contribution in [0.5, 0.6) is 0 Å². The summed E-state index contributed by atoms with van der Waals surface area (Å²) in [5.41, 5.74) is 1.16. The number of halogens is 1. The van der Waals surface area contributed by atoms with Crippen molar-refractivity contribution in [2.24, 2.45) is 5.92 Å². The van der Waals surface area contributed by atoms with Gasteiger partial charge in [-0.3, -0.25) is 4.79 Å². The minimum absolute atomic E-state index is 0.0715. The zero-order valence-corrected chi connectivity index (χ0v) is 14.7. The molecule has 0 bridgehead atoms. The summed E-state index contributed by atoms with van der Waals surface area (Å²) in [5.74, 6) is 0.353. The molecule has 21 heavy (non-hydrogen) atoms. The molecule has 1 heterocycles. The third-order valence-corrected chi connectivity index (χ3v) is 4.80. The van der Waals surface area contributed by atoms with Crippen molar-refractivity contribution in [3.63, 3.8) is 0 Å². The highest BCUT2D eigenvalue weighted by atomic mass is 79.9. The molecule has 2 N–H and O–H groups in total. The molecular formula is C17H25BrN2O. The number of carbonyl (C=O) groups is 1. The monoisotopic (exact) mass is 352 g/mol. The number of hydrogen-bond donors (Lipinski definition) is 2. The SMILES string of the molecule is C[C@H]1C[C@@H](C(=O)NCC(C)(C)c2cccc(Br)c2)CCN1. The molecule has 0 aromatic heterocycles. The topological polar surface area (TPSA) is 41.1 Å². The molecule has 0 saturated carbocycles. The van der Waals surface area contributed by atoms with E-state index in [0.717, 1.165) is 23.9 Å². The molecule has 1 saturated heterocycles. The van der Waals surface area contributed by atoms with Crippen LogP contribution >= 0.6 is 15.9 Å². The molecule has 1 aromatic carbocycles. The van der Waals surface area contributed by atoms with Crippen LogP contribution in [0.25, 0.3) is 0 Å². The second-order valence-corrected chi connectivity index (χ2v) is 7.60. The van der Waals surface area contributed by atoms with E-state index < -0.39 is 0 Å². The highest BCUT2D eigenvalue weighted by Gasteiger charge is 2.27. The average molecular weight is 353 g/mol. The van der Waals surface area contributed by atoms with E-state index in [1.165, 1.54) is 5.56 Å². The van der Waals surface area contributed by atoms with Gasteiger partial charge in [-0.2, -0.15) is 0 Å². The Bertz CT molecular complexity index is 501. The standard InChI is InChI=1S/C17H25BrN2O/c1-12-9-13(7-8-19-12)16(21)20-11-17(2,3)14-5-4-6-15(18)10-14/h4-6,10,12-13,19H,7-9,11H2,1-3H3,(H,20,21)/t12-,13-/m0/s1. The number of benzene rings is 1. The molecule has 1 aliphatic rings. The molecule has 1 aromatic rings. The summed E-state index contributed by atoms with van der Waals surface area (Å²) in [5, 5.41) is 6.54. The highest BCUT2D eigenvalue weighted by Crippen LogP contribution is 2.25. The maximum atomic E-state index is 12.3. The van der Waals surface area contributed by atoms with Crippen LogP contribution in [0.4, 0.5) is 0 Å². The number of nitrogens with one attached hydrogen (secondary N) is 2. The Morgan fingerprint density at radius 2 is 2.24 bits per heavy atom. The lowest BCUT2D eigenvalue weighted by Crippen LogP contribution is -2.45. The van der Waals surface area contributed by atoms with Crippen molar-refractivity contribution < 1.29 is 4.79 Å². The minimum Gasteiger partial charge on any atom is -0.355 e. The van der Waals surface area contributed by atoms with Gasteiger partial charge in [-0.25, -0.2) is 0 Å². The lowest BCUT2D eigenvalue weighted by Gasteiger charge is -2.30. The van der Waals surface area contributed by atoms with Crippen molar-refractivity contribution >= 4 is 21.8 Å². The first kappa shape index (κ1) is 16.5. The van der Waals surface area contributed by atoms with Crippen molar-refractivity contribution in [3.8, 4) is 0 Å². The Balaban J connectivity index is 1.93. The van der Waals surface area contributed by atoms with Crippen molar-refractivity contribution in [2.45, 2.75) is 45.1 Å². The Morgan fingerprint density at radius 1 is 1.48 bits per heavy atom. The summed E-state index contributed by atoms with van der Waals surface area (Å²) in [6.07, 6.45) is 1.87. The van der Waals surface area contributed by atoms with E-state index in [0.29, 0.717) is 12.6 Å². The molecule has 3 nitrogen and oxygen atoms in total. The summed E-state index contributed by atoms with van der Waals surface area (Å²) < 4.78 is 1.08. The van der Waals surface area contributed by atoms with Gasteiger partial charge in [-0.1, -0.05) is 41.9 Å². The summed E-state index contributed by atoms with van der Waals surface area (Å²) >= 11 is 3.51. The van der Waals surface area contributed by atoms with Gasteiger partial charge in [0.1, 0.15) is 0 Å². The van der Waals surface area contributed by atoms with Gasteiger partial charge in [0.25, 0.3) is 0 Å². The smallest absolute Gasteiger partial charge is 0.223 e. The number of piperidine rings is 1. The second kappa shape index (κ2) is 6.93. The maximum absolute atomic E-state index is 12.3. The third kappa shape index (κ3) is 4.55. The predicted octanol–water partition coefficient (Wildman–Crippen LogP) is 3.23. The van der Waals surface area contributed by atoms with Crippen molar-refractivity contribution in [1.82, 2.24) is 10.6 Å². The summed E-state index contributed by atoms with van der Waals surface area (Å²) in [7, 11) is 0. The van der Waals surface area contributed by atoms with Gasteiger partial charge < -0.3 is 10.6 Å². The maximum Gasteiger partial charge on any atom is 0.223 e. The lowest BCUT2D eigenvalue weighted by atomic mass is 9.84. The Kier molecular flexibility index (Phi) is 5.44. The predicted molar refractivity (Wildman–Crippen MR) is 90.4 cm³/mol. The van der Waals surface area contributed by atoms with Crippen molar-refractivity contribution in [1.29, 1.82) is 0 Å². The van der Waals surface area contributed by atoms with Gasteiger partial charge >= 0.3 is 0 Å². The summed E-state index contributed by atoms with van der Waals surface area (Å²) in [4.78, 5) is 12.3. The molecule has 4 heteroatoms. The Labute approximate surface area is 136 Å². The molecule has 2 rings (SSSR count). The van der Waals surface area contributed by atoms with Gasteiger partial charge in [-0.05, 0) is 44.0 Å². The van der Waals surface area contributed by atoms with Gasteiger partial charge in [0.15, 0.2) is 0 Å². The minimum atomic E-state index is -0.0715. The summed E-state index contributed by atoms with van der Waals surface area (Å²) in [6, 6.07) is 8.74. The van der Waals surface area contributed by atoms with Gasteiger partial charge in [-0.15, -0.1) is 0 Å². The molecule has 116 valence electrons. The fourth-order valence-electron chi connectivity index (χ4n) is 2.83. The molecule has 2 atom stereocenters. The third-order valence-electron chi connectivity index (χ3n) is 4.31. The van der Waals surface area contributed by atoms with Gasteiger partial charge in [0, 0.05) is 28.4 Å². The van der Waals surface area contributed by atoms with E-state index in [9.17, 15) is 4.79 Å². The Hall–Kier alpha value is -0.870. The molecule has 1 amide bonds. The summed E-state index contributed by atoms with van der Waals surface area (Å²) in [6.45, 7) is 8.08. The van der Waals surface area contributed by atoms with Crippen LogP contribution in [0.15, 0.2) is 28.7 Å². The molecule has 1 fully saturated rings. The lowest BCUT2D eigenvalue weighted by molar-refractivity contribution is -0.126. The van der Waals surface area contributed by atoms with E-state index in [1.54, 1.807) is 0 Å². The van der Waals surface area contributed by atoms with Crippen LogP contribution < -0.4 is 10.6 Å². The first-order valence-electron chi connectivity index (χ1n) is 7.65. The van der Waals surface area contributed by atoms with Gasteiger partial charge in [0.05, 0.1) is 0 Å².